The van der Waals surface area contributed by atoms with Crippen LogP contribution in [0.2, 0.25) is 0 Å². The van der Waals surface area contributed by atoms with E-state index in [0.29, 0.717) is 26.2 Å². The molecule has 3 heteroatoms. The summed E-state index contributed by atoms with van der Waals surface area (Å²) in [5, 5.41) is 2.88. The topological polar surface area (TPSA) is 38.3 Å². The van der Waals surface area contributed by atoms with Crippen molar-refractivity contribution in [3.63, 3.8) is 0 Å². The van der Waals surface area contributed by atoms with Crippen LogP contribution in [0.15, 0.2) is 54.6 Å². The summed E-state index contributed by atoms with van der Waals surface area (Å²) in [4.78, 5) is 11.8. The second kappa shape index (κ2) is 9.00. The molecule has 0 heterocycles. The molecule has 116 valence electrons. The minimum Gasteiger partial charge on any atom is -0.375 e. The van der Waals surface area contributed by atoms with Gasteiger partial charge in [-0.1, -0.05) is 61.5 Å². The minimum atomic E-state index is 0.0348. The first kappa shape index (κ1) is 16.2. The monoisotopic (exact) mass is 297 g/mol. The van der Waals surface area contributed by atoms with Crippen molar-refractivity contribution < 1.29 is 9.53 Å². The lowest BCUT2D eigenvalue weighted by Crippen LogP contribution is -2.28. The quantitative estimate of drug-likeness (QED) is 0.760. The summed E-state index contributed by atoms with van der Waals surface area (Å²) in [6, 6.07) is 18.2. The third-order valence-electron chi connectivity index (χ3n) is 3.48. The van der Waals surface area contributed by atoms with Crippen LogP contribution in [0.5, 0.6) is 0 Å². The van der Waals surface area contributed by atoms with Gasteiger partial charge in [0.05, 0.1) is 19.6 Å². The standard InChI is InChI=1S/C19H23NO2/c1-2-16-8-10-17(11-9-16)14-19(21)20-12-13-22-15-18-6-4-3-5-7-18/h3-11H,2,12-15H2,1H3,(H,20,21). The Morgan fingerprint density at radius 1 is 0.955 bits per heavy atom. The van der Waals surface area contributed by atoms with E-state index in [1.165, 1.54) is 5.56 Å². The molecule has 0 saturated carbocycles. The highest BCUT2D eigenvalue weighted by atomic mass is 16.5. The Kier molecular flexibility index (Phi) is 6.65. The van der Waals surface area contributed by atoms with Gasteiger partial charge in [0, 0.05) is 6.54 Å². The third-order valence-corrected chi connectivity index (χ3v) is 3.48. The average Bonchev–Trinajstić information content (AvgIpc) is 2.56. The number of rotatable bonds is 8. The molecule has 0 aromatic heterocycles. The van der Waals surface area contributed by atoms with Gasteiger partial charge < -0.3 is 10.1 Å². The maximum Gasteiger partial charge on any atom is 0.224 e. The fourth-order valence-electron chi connectivity index (χ4n) is 2.17. The predicted octanol–water partition coefficient (Wildman–Crippen LogP) is 3.12. The Morgan fingerprint density at radius 3 is 2.32 bits per heavy atom. The summed E-state index contributed by atoms with van der Waals surface area (Å²) in [5.74, 6) is 0.0348. The molecular formula is C19H23NO2. The minimum absolute atomic E-state index is 0.0348. The second-order valence-corrected chi connectivity index (χ2v) is 5.23. The van der Waals surface area contributed by atoms with Crippen molar-refractivity contribution in [2.45, 2.75) is 26.4 Å². The number of aryl methyl sites for hydroxylation is 1. The van der Waals surface area contributed by atoms with Crippen LogP contribution < -0.4 is 5.32 Å². The van der Waals surface area contributed by atoms with E-state index in [4.69, 9.17) is 4.74 Å². The van der Waals surface area contributed by atoms with Gasteiger partial charge in [0.1, 0.15) is 0 Å². The van der Waals surface area contributed by atoms with Gasteiger partial charge in [-0.15, -0.1) is 0 Å². The summed E-state index contributed by atoms with van der Waals surface area (Å²) >= 11 is 0. The molecule has 2 aromatic rings. The van der Waals surface area contributed by atoms with E-state index in [-0.39, 0.29) is 5.91 Å². The lowest BCUT2D eigenvalue weighted by atomic mass is 10.1. The predicted molar refractivity (Wildman–Crippen MR) is 88.6 cm³/mol. The molecule has 0 radical (unpaired) electrons. The van der Waals surface area contributed by atoms with Gasteiger partial charge in [0.2, 0.25) is 5.91 Å². The maximum absolute atomic E-state index is 11.8. The number of nitrogens with one attached hydrogen (secondary N) is 1. The molecule has 0 unspecified atom stereocenters. The van der Waals surface area contributed by atoms with Crippen LogP contribution in [0, 0.1) is 0 Å². The van der Waals surface area contributed by atoms with Crippen LogP contribution in [-0.2, 0) is 29.0 Å². The Bertz CT molecular complexity index is 564. The Balaban J connectivity index is 1.61. The molecule has 0 aliphatic rings. The van der Waals surface area contributed by atoms with E-state index >= 15 is 0 Å². The van der Waals surface area contributed by atoms with Crippen LogP contribution in [0.1, 0.15) is 23.6 Å². The van der Waals surface area contributed by atoms with Crippen LogP contribution in [0.4, 0.5) is 0 Å². The average molecular weight is 297 g/mol. The van der Waals surface area contributed by atoms with Crippen molar-refractivity contribution in [3.8, 4) is 0 Å². The molecule has 3 nitrogen and oxygen atoms in total. The molecule has 0 bridgehead atoms. The van der Waals surface area contributed by atoms with E-state index in [9.17, 15) is 4.79 Å². The molecule has 1 amide bonds. The summed E-state index contributed by atoms with van der Waals surface area (Å²) in [7, 11) is 0. The lowest BCUT2D eigenvalue weighted by molar-refractivity contribution is -0.120. The molecular weight excluding hydrogens is 274 g/mol. The lowest BCUT2D eigenvalue weighted by Gasteiger charge is -2.07. The number of ether oxygens (including phenoxy) is 1. The fourth-order valence-corrected chi connectivity index (χ4v) is 2.17. The number of hydrogen-bond donors (Lipinski definition) is 1. The van der Waals surface area contributed by atoms with Crippen LogP contribution in [0.3, 0.4) is 0 Å². The molecule has 0 fully saturated rings. The highest BCUT2D eigenvalue weighted by Gasteiger charge is 2.02. The van der Waals surface area contributed by atoms with Crippen molar-refractivity contribution in [2.75, 3.05) is 13.2 Å². The van der Waals surface area contributed by atoms with E-state index in [1.807, 2.05) is 42.5 Å². The SMILES string of the molecule is CCc1ccc(CC(=O)NCCOCc2ccccc2)cc1. The van der Waals surface area contributed by atoms with E-state index in [0.717, 1.165) is 17.5 Å². The van der Waals surface area contributed by atoms with Crippen molar-refractivity contribution in [3.05, 3.63) is 71.3 Å². The molecule has 0 aliphatic heterocycles. The molecule has 0 aliphatic carbocycles. The number of carbonyl (C=O) groups excluding carboxylic acids is 1. The Labute approximate surface area is 132 Å². The highest BCUT2D eigenvalue weighted by Crippen LogP contribution is 2.05. The third kappa shape index (κ3) is 5.70. The molecule has 0 atom stereocenters. The van der Waals surface area contributed by atoms with E-state index in [1.54, 1.807) is 0 Å². The number of amides is 1. The maximum atomic E-state index is 11.8. The van der Waals surface area contributed by atoms with Gasteiger partial charge in [-0.2, -0.15) is 0 Å². The van der Waals surface area contributed by atoms with Crippen LogP contribution >= 0.6 is 0 Å². The summed E-state index contributed by atoms with van der Waals surface area (Å²) in [6.45, 7) is 3.76. The highest BCUT2D eigenvalue weighted by molar-refractivity contribution is 5.78. The Hall–Kier alpha value is -2.13. The zero-order valence-corrected chi connectivity index (χ0v) is 13.0. The van der Waals surface area contributed by atoms with Gasteiger partial charge >= 0.3 is 0 Å². The fraction of sp³-hybridized carbons (Fsp3) is 0.316. The van der Waals surface area contributed by atoms with Crippen molar-refractivity contribution in [1.82, 2.24) is 5.32 Å². The normalized spacial score (nSPS) is 10.4. The molecule has 2 rings (SSSR count). The number of benzene rings is 2. The van der Waals surface area contributed by atoms with Gasteiger partial charge in [-0.05, 0) is 23.1 Å². The molecule has 1 N–H and O–H groups in total. The first-order valence-electron chi connectivity index (χ1n) is 7.74. The zero-order chi connectivity index (χ0) is 15.6. The smallest absolute Gasteiger partial charge is 0.224 e. The molecule has 0 saturated heterocycles. The summed E-state index contributed by atoms with van der Waals surface area (Å²) in [6.07, 6.45) is 1.44. The van der Waals surface area contributed by atoms with Gasteiger partial charge in [0.15, 0.2) is 0 Å². The summed E-state index contributed by atoms with van der Waals surface area (Å²) < 4.78 is 5.54. The molecule has 2 aromatic carbocycles. The first-order chi connectivity index (χ1) is 10.8. The molecule has 0 spiro atoms. The van der Waals surface area contributed by atoms with Crippen LogP contribution in [-0.4, -0.2) is 19.1 Å². The van der Waals surface area contributed by atoms with E-state index < -0.39 is 0 Å². The summed E-state index contributed by atoms with van der Waals surface area (Å²) in [5.41, 5.74) is 3.48. The first-order valence-corrected chi connectivity index (χ1v) is 7.74. The number of hydrogen-bond acceptors (Lipinski definition) is 2. The van der Waals surface area contributed by atoms with Gasteiger partial charge in [-0.3, -0.25) is 4.79 Å². The van der Waals surface area contributed by atoms with Crippen molar-refractivity contribution in [2.24, 2.45) is 0 Å². The van der Waals surface area contributed by atoms with E-state index in [2.05, 4.69) is 24.4 Å². The van der Waals surface area contributed by atoms with Crippen molar-refractivity contribution in [1.29, 1.82) is 0 Å². The molecule has 22 heavy (non-hydrogen) atoms. The Morgan fingerprint density at radius 2 is 1.64 bits per heavy atom. The van der Waals surface area contributed by atoms with Gasteiger partial charge in [0.25, 0.3) is 0 Å². The van der Waals surface area contributed by atoms with Gasteiger partial charge in [-0.25, -0.2) is 0 Å². The number of carbonyl (C=O) groups is 1. The van der Waals surface area contributed by atoms with Crippen molar-refractivity contribution >= 4 is 5.91 Å². The largest absolute Gasteiger partial charge is 0.375 e. The second-order valence-electron chi connectivity index (χ2n) is 5.23. The van der Waals surface area contributed by atoms with Crippen LogP contribution in [0.25, 0.3) is 0 Å². The zero-order valence-electron chi connectivity index (χ0n) is 13.0.